The van der Waals surface area contributed by atoms with Crippen molar-refractivity contribution in [3.05, 3.63) is 28.5 Å². The summed E-state index contributed by atoms with van der Waals surface area (Å²) in [7, 11) is 0. The topological polar surface area (TPSA) is 32.3 Å². The van der Waals surface area contributed by atoms with Crippen molar-refractivity contribution in [3.8, 4) is 0 Å². The predicted molar refractivity (Wildman–Crippen MR) is 44.8 cm³/mol. The van der Waals surface area contributed by atoms with Gasteiger partial charge in [0.2, 0.25) is 0 Å². The number of rotatable bonds is 2. The molecule has 0 radical (unpaired) electrons. The fraction of sp³-hybridized carbons (Fsp3) is 0.143. The molecule has 2 N–H and O–H groups in total. The summed E-state index contributed by atoms with van der Waals surface area (Å²) in [5.74, 6) is -0.344. The molecular formula is C7H7BrFNO. The van der Waals surface area contributed by atoms with E-state index in [0.717, 1.165) is 0 Å². The minimum absolute atomic E-state index is 0.193. The highest BCUT2D eigenvalue weighted by Crippen LogP contribution is 2.18. The Kier molecular flexibility index (Phi) is 2.84. The molecule has 2 nitrogen and oxygen atoms in total. The number of hydrogen-bond acceptors (Lipinski definition) is 2. The molecular weight excluding hydrogens is 213 g/mol. The zero-order valence-corrected chi connectivity index (χ0v) is 7.23. The summed E-state index contributed by atoms with van der Waals surface area (Å²) >= 11 is 3.02. The van der Waals surface area contributed by atoms with Crippen molar-refractivity contribution in [2.45, 2.75) is 0 Å². The summed E-state index contributed by atoms with van der Waals surface area (Å²) < 4.78 is 13.2. The summed E-state index contributed by atoms with van der Waals surface area (Å²) in [5.41, 5.74) is 0.563. The van der Waals surface area contributed by atoms with Gasteiger partial charge in [-0.1, -0.05) is 0 Å². The molecule has 0 aromatic heterocycles. The van der Waals surface area contributed by atoms with Crippen LogP contribution < -0.4 is 5.32 Å². The van der Waals surface area contributed by atoms with Crippen LogP contribution in [-0.2, 0) is 0 Å². The molecule has 0 fully saturated rings. The van der Waals surface area contributed by atoms with E-state index >= 15 is 0 Å². The standard InChI is InChI=1S/C7H7BrFNO/c8-6-2-1-5(10-4-11)3-7(6)9/h1-3,10-11H,4H2. The molecule has 0 amide bonds. The van der Waals surface area contributed by atoms with Gasteiger partial charge >= 0.3 is 0 Å². The lowest BCUT2D eigenvalue weighted by molar-refractivity contribution is 0.325. The van der Waals surface area contributed by atoms with E-state index in [1.54, 1.807) is 12.1 Å². The van der Waals surface area contributed by atoms with Gasteiger partial charge in [-0.15, -0.1) is 0 Å². The first kappa shape index (κ1) is 8.49. The number of benzene rings is 1. The molecule has 1 aromatic carbocycles. The first-order chi connectivity index (χ1) is 5.24. The Morgan fingerprint density at radius 1 is 1.55 bits per heavy atom. The lowest BCUT2D eigenvalue weighted by atomic mass is 10.3. The van der Waals surface area contributed by atoms with Crippen molar-refractivity contribution in [2.75, 3.05) is 12.0 Å². The number of aliphatic hydroxyl groups excluding tert-OH is 1. The minimum Gasteiger partial charge on any atom is -0.377 e. The van der Waals surface area contributed by atoms with Crippen molar-refractivity contribution in [2.24, 2.45) is 0 Å². The smallest absolute Gasteiger partial charge is 0.139 e. The summed E-state index contributed by atoms with van der Waals surface area (Å²) in [6, 6.07) is 4.55. The van der Waals surface area contributed by atoms with Crippen LogP contribution in [0.4, 0.5) is 10.1 Å². The molecule has 0 aliphatic carbocycles. The van der Waals surface area contributed by atoms with Gasteiger partial charge in [0, 0.05) is 5.69 Å². The number of hydrogen-bond donors (Lipinski definition) is 2. The molecule has 4 heteroatoms. The first-order valence-electron chi connectivity index (χ1n) is 3.04. The Labute approximate surface area is 72.2 Å². The second-order valence-electron chi connectivity index (χ2n) is 1.96. The Balaban J connectivity index is 2.86. The van der Waals surface area contributed by atoms with Crippen molar-refractivity contribution < 1.29 is 9.50 Å². The Morgan fingerprint density at radius 3 is 2.82 bits per heavy atom. The largest absolute Gasteiger partial charge is 0.377 e. The van der Waals surface area contributed by atoms with Gasteiger partial charge in [0.25, 0.3) is 0 Å². The summed E-state index contributed by atoms with van der Waals surface area (Å²) in [5, 5.41) is 11.0. The SMILES string of the molecule is OCNc1ccc(Br)c(F)c1. The van der Waals surface area contributed by atoms with Crippen LogP contribution in [-0.4, -0.2) is 11.8 Å². The van der Waals surface area contributed by atoms with Gasteiger partial charge in [0.1, 0.15) is 12.5 Å². The van der Waals surface area contributed by atoms with Crippen LogP contribution in [0.1, 0.15) is 0 Å². The van der Waals surface area contributed by atoms with E-state index in [4.69, 9.17) is 5.11 Å². The fourth-order valence-electron chi connectivity index (χ4n) is 0.697. The Hall–Kier alpha value is -0.610. The molecule has 0 unspecified atom stereocenters. The Bertz CT molecular complexity index is 254. The van der Waals surface area contributed by atoms with E-state index in [-0.39, 0.29) is 12.5 Å². The van der Waals surface area contributed by atoms with Crippen LogP contribution in [0, 0.1) is 5.82 Å². The molecule has 11 heavy (non-hydrogen) atoms. The summed E-state index contributed by atoms with van der Waals surface area (Å²) in [6.45, 7) is -0.193. The molecule has 0 heterocycles. The van der Waals surface area contributed by atoms with Crippen molar-refractivity contribution in [1.82, 2.24) is 0 Å². The monoisotopic (exact) mass is 219 g/mol. The normalized spacial score (nSPS) is 9.73. The third-order valence-electron chi connectivity index (χ3n) is 1.20. The van der Waals surface area contributed by atoms with E-state index in [2.05, 4.69) is 21.2 Å². The maximum atomic E-state index is 12.7. The third kappa shape index (κ3) is 2.17. The van der Waals surface area contributed by atoms with Crippen LogP contribution in [0.3, 0.4) is 0 Å². The first-order valence-corrected chi connectivity index (χ1v) is 3.83. The molecule has 0 aliphatic heterocycles. The molecule has 0 atom stereocenters. The second kappa shape index (κ2) is 3.69. The number of anilines is 1. The number of aliphatic hydroxyl groups is 1. The zero-order chi connectivity index (χ0) is 8.27. The molecule has 0 aliphatic rings. The number of nitrogens with one attached hydrogen (secondary N) is 1. The van der Waals surface area contributed by atoms with Crippen molar-refractivity contribution in [3.63, 3.8) is 0 Å². The van der Waals surface area contributed by atoms with E-state index in [0.29, 0.717) is 10.2 Å². The van der Waals surface area contributed by atoms with Gasteiger partial charge in [0.05, 0.1) is 4.47 Å². The Morgan fingerprint density at radius 2 is 2.27 bits per heavy atom. The van der Waals surface area contributed by atoms with Gasteiger partial charge in [-0.05, 0) is 34.1 Å². The van der Waals surface area contributed by atoms with E-state index in [1.807, 2.05) is 0 Å². The zero-order valence-electron chi connectivity index (χ0n) is 5.64. The van der Waals surface area contributed by atoms with Crippen LogP contribution >= 0.6 is 15.9 Å². The van der Waals surface area contributed by atoms with Crippen LogP contribution in [0.5, 0.6) is 0 Å². The quantitative estimate of drug-likeness (QED) is 0.746. The van der Waals surface area contributed by atoms with Gasteiger partial charge < -0.3 is 10.4 Å². The minimum atomic E-state index is -0.344. The summed E-state index contributed by atoms with van der Waals surface area (Å²) in [6.07, 6.45) is 0. The molecule has 0 bridgehead atoms. The average Bonchev–Trinajstić information content (AvgIpc) is 1.98. The second-order valence-corrected chi connectivity index (χ2v) is 2.82. The maximum Gasteiger partial charge on any atom is 0.139 e. The average molecular weight is 220 g/mol. The van der Waals surface area contributed by atoms with E-state index < -0.39 is 0 Å². The van der Waals surface area contributed by atoms with Gasteiger partial charge in [-0.2, -0.15) is 0 Å². The molecule has 1 rings (SSSR count). The van der Waals surface area contributed by atoms with E-state index in [1.165, 1.54) is 6.07 Å². The lowest BCUT2D eigenvalue weighted by Gasteiger charge is -2.02. The predicted octanol–water partition coefficient (Wildman–Crippen LogP) is 1.95. The molecule has 0 saturated carbocycles. The van der Waals surface area contributed by atoms with Crippen molar-refractivity contribution in [1.29, 1.82) is 0 Å². The highest BCUT2D eigenvalue weighted by Gasteiger charge is 1.98. The molecule has 0 saturated heterocycles. The maximum absolute atomic E-state index is 12.7. The van der Waals surface area contributed by atoms with E-state index in [9.17, 15) is 4.39 Å². The number of halogens is 2. The molecule has 60 valence electrons. The van der Waals surface area contributed by atoms with Crippen LogP contribution in [0.25, 0.3) is 0 Å². The van der Waals surface area contributed by atoms with Gasteiger partial charge in [-0.25, -0.2) is 4.39 Å². The van der Waals surface area contributed by atoms with Gasteiger partial charge in [-0.3, -0.25) is 0 Å². The molecule has 0 spiro atoms. The van der Waals surface area contributed by atoms with Crippen molar-refractivity contribution >= 4 is 21.6 Å². The van der Waals surface area contributed by atoms with Crippen LogP contribution in [0.2, 0.25) is 0 Å². The molecule has 1 aromatic rings. The highest BCUT2D eigenvalue weighted by atomic mass is 79.9. The van der Waals surface area contributed by atoms with Gasteiger partial charge in [0.15, 0.2) is 0 Å². The van der Waals surface area contributed by atoms with Crippen LogP contribution in [0.15, 0.2) is 22.7 Å². The summed E-state index contributed by atoms with van der Waals surface area (Å²) in [4.78, 5) is 0. The fourth-order valence-corrected chi connectivity index (χ4v) is 0.944. The highest BCUT2D eigenvalue weighted by molar-refractivity contribution is 9.10. The third-order valence-corrected chi connectivity index (χ3v) is 1.85. The lowest BCUT2D eigenvalue weighted by Crippen LogP contribution is -1.99.